The fourth-order valence-corrected chi connectivity index (χ4v) is 2.14. The van der Waals surface area contributed by atoms with Crippen LogP contribution in [-0.2, 0) is 0 Å². The normalized spacial score (nSPS) is 22.8. The summed E-state index contributed by atoms with van der Waals surface area (Å²) < 4.78 is 0. The first kappa shape index (κ1) is 12.6. The van der Waals surface area contributed by atoms with E-state index in [2.05, 4.69) is 24.6 Å². The number of hydrogen-bond acceptors (Lipinski definition) is 4. The lowest BCUT2D eigenvalue weighted by Gasteiger charge is -2.24. The molecule has 2 unspecified atom stereocenters. The Morgan fingerprint density at radius 3 is 2.44 bits per heavy atom. The molecule has 0 radical (unpaired) electrons. The highest BCUT2D eigenvalue weighted by Crippen LogP contribution is 2.19. The number of thiocarbonyl (C=S) groups is 1. The maximum atomic E-state index is 10.5. The standard InChI is InChI=1S/C11H14N4O2S/c1-7-8(2)14(11(18)12-7)13-9-3-5-10(6-4-9)15(16)17/h3-8,13H,1-2H3,(H,12,18). The van der Waals surface area contributed by atoms with Gasteiger partial charge in [0, 0.05) is 18.2 Å². The summed E-state index contributed by atoms with van der Waals surface area (Å²) in [5, 5.41) is 16.2. The first-order valence-electron chi connectivity index (χ1n) is 5.60. The van der Waals surface area contributed by atoms with Crippen LogP contribution in [0.2, 0.25) is 0 Å². The van der Waals surface area contributed by atoms with E-state index in [9.17, 15) is 10.1 Å². The second kappa shape index (κ2) is 4.77. The molecule has 1 aliphatic heterocycles. The molecule has 1 aromatic rings. The van der Waals surface area contributed by atoms with Gasteiger partial charge in [-0.1, -0.05) is 0 Å². The number of hydrogen-bond donors (Lipinski definition) is 2. The molecule has 0 saturated carbocycles. The van der Waals surface area contributed by atoms with Gasteiger partial charge in [-0.3, -0.25) is 20.5 Å². The number of hydrazine groups is 1. The van der Waals surface area contributed by atoms with Gasteiger partial charge < -0.3 is 5.32 Å². The highest BCUT2D eigenvalue weighted by molar-refractivity contribution is 7.80. The van der Waals surface area contributed by atoms with Crippen molar-refractivity contribution in [1.29, 1.82) is 0 Å². The monoisotopic (exact) mass is 266 g/mol. The number of benzene rings is 1. The summed E-state index contributed by atoms with van der Waals surface area (Å²) in [6.45, 7) is 4.10. The van der Waals surface area contributed by atoms with Crippen LogP contribution in [0.4, 0.5) is 11.4 Å². The van der Waals surface area contributed by atoms with E-state index in [-0.39, 0.29) is 17.8 Å². The summed E-state index contributed by atoms with van der Waals surface area (Å²) in [5.74, 6) is 0. The first-order valence-corrected chi connectivity index (χ1v) is 6.00. The molecule has 7 heteroatoms. The van der Waals surface area contributed by atoms with Gasteiger partial charge in [-0.25, -0.2) is 0 Å². The topological polar surface area (TPSA) is 70.4 Å². The number of nitro benzene ring substituents is 1. The molecule has 2 rings (SSSR count). The smallest absolute Gasteiger partial charge is 0.269 e. The molecule has 6 nitrogen and oxygen atoms in total. The number of nitrogens with zero attached hydrogens (tertiary/aromatic N) is 2. The number of anilines is 1. The molecule has 0 aliphatic carbocycles. The lowest BCUT2D eigenvalue weighted by molar-refractivity contribution is -0.384. The van der Waals surface area contributed by atoms with Crippen molar-refractivity contribution in [3.8, 4) is 0 Å². The van der Waals surface area contributed by atoms with E-state index in [0.29, 0.717) is 5.11 Å². The molecular formula is C11H14N4O2S. The molecule has 1 heterocycles. The van der Waals surface area contributed by atoms with Gasteiger partial charge in [-0.05, 0) is 38.2 Å². The lowest BCUT2D eigenvalue weighted by atomic mass is 10.2. The van der Waals surface area contributed by atoms with Crippen molar-refractivity contribution in [2.45, 2.75) is 25.9 Å². The number of nitro groups is 1. The summed E-state index contributed by atoms with van der Waals surface area (Å²) in [7, 11) is 0. The Morgan fingerprint density at radius 1 is 1.39 bits per heavy atom. The summed E-state index contributed by atoms with van der Waals surface area (Å²) >= 11 is 5.21. The fraction of sp³-hybridized carbons (Fsp3) is 0.364. The SMILES string of the molecule is CC1NC(=S)N(Nc2ccc([N+](=O)[O-])cc2)C1C. The summed E-state index contributed by atoms with van der Waals surface area (Å²) in [4.78, 5) is 10.1. The van der Waals surface area contributed by atoms with E-state index in [1.807, 2.05) is 5.01 Å². The van der Waals surface area contributed by atoms with Gasteiger partial charge >= 0.3 is 0 Å². The van der Waals surface area contributed by atoms with E-state index in [1.165, 1.54) is 12.1 Å². The van der Waals surface area contributed by atoms with Crippen LogP contribution < -0.4 is 10.7 Å². The van der Waals surface area contributed by atoms with Crippen LogP contribution in [0.3, 0.4) is 0 Å². The quantitative estimate of drug-likeness (QED) is 0.494. The molecular weight excluding hydrogens is 252 g/mol. The van der Waals surface area contributed by atoms with Crippen LogP contribution in [0.1, 0.15) is 13.8 Å². The zero-order valence-corrected chi connectivity index (χ0v) is 10.9. The Morgan fingerprint density at radius 2 is 2.00 bits per heavy atom. The maximum Gasteiger partial charge on any atom is 0.269 e. The predicted octanol–water partition coefficient (Wildman–Crippen LogP) is 1.89. The molecule has 96 valence electrons. The van der Waals surface area contributed by atoms with Gasteiger partial charge in [0.1, 0.15) is 0 Å². The van der Waals surface area contributed by atoms with Crippen LogP contribution in [0.15, 0.2) is 24.3 Å². The van der Waals surface area contributed by atoms with Crippen LogP contribution in [0, 0.1) is 10.1 Å². The van der Waals surface area contributed by atoms with Crippen LogP contribution in [-0.4, -0.2) is 27.1 Å². The molecule has 1 aromatic carbocycles. The van der Waals surface area contributed by atoms with Crippen molar-refractivity contribution in [3.05, 3.63) is 34.4 Å². The highest BCUT2D eigenvalue weighted by atomic mass is 32.1. The van der Waals surface area contributed by atoms with Crippen molar-refractivity contribution < 1.29 is 4.92 Å². The molecule has 0 bridgehead atoms. The van der Waals surface area contributed by atoms with Crippen molar-refractivity contribution in [1.82, 2.24) is 10.3 Å². The molecule has 0 spiro atoms. The zero-order valence-electron chi connectivity index (χ0n) is 10.1. The average Bonchev–Trinajstić information content (AvgIpc) is 2.57. The van der Waals surface area contributed by atoms with Gasteiger partial charge in [0.2, 0.25) is 0 Å². The molecule has 2 N–H and O–H groups in total. The minimum absolute atomic E-state index is 0.0732. The molecule has 2 atom stereocenters. The van der Waals surface area contributed by atoms with Crippen molar-refractivity contribution in [2.75, 3.05) is 5.43 Å². The van der Waals surface area contributed by atoms with Gasteiger partial charge in [0.25, 0.3) is 5.69 Å². The van der Waals surface area contributed by atoms with Gasteiger partial charge in [-0.2, -0.15) is 0 Å². The summed E-state index contributed by atoms with van der Waals surface area (Å²) in [6, 6.07) is 6.73. The largest absolute Gasteiger partial charge is 0.357 e. The van der Waals surface area contributed by atoms with Crippen LogP contribution in [0.25, 0.3) is 0 Å². The van der Waals surface area contributed by atoms with E-state index in [4.69, 9.17) is 12.2 Å². The van der Waals surface area contributed by atoms with Crippen molar-refractivity contribution in [3.63, 3.8) is 0 Å². The van der Waals surface area contributed by atoms with Gasteiger partial charge in [-0.15, -0.1) is 0 Å². The Kier molecular flexibility index (Phi) is 3.33. The second-order valence-corrected chi connectivity index (χ2v) is 4.65. The van der Waals surface area contributed by atoms with Crippen LogP contribution >= 0.6 is 12.2 Å². The Labute approximate surface area is 110 Å². The molecule has 1 aliphatic rings. The van der Waals surface area contributed by atoms with Crippen molar-refractivity contribution >= 4 is 28.7 Å². The van der Waals surface area contributed by atoms with E-state index in [0.717, 1.165) is 5.69 Å². The van der Waals surface area contributed by atoms with Crippen molar-refractivity contribution in [2.24, 2.45) is 0 Å². The third-order valence-electron chi connectivity index (χ3n) is 3.03. The summed E-state index contributed by atoms with van der Waals surface area (Å²) in [5.41, 5.74) is 3.99. The highest BCUT2D eigenvalue weighted by Gasteiger charge is 2.30. The predicted molar refractivity (Wildman–Crippen MR) is 73.2 cm³/mol. The molecule has 0 aromatic heterocycles. The van der Waals surface area contributed by atoms with E-state index < -0.39 is 4.92 Å². The van der Waals surface area contributed by atoms with E-state index in [1.54, 1.807) is 12.1 Å². The minimum atomic E-state index is -0.420. The molecule has 1 saturated heterocycles. The minimum Gasteiger partial charge on any atom is -0.357 e. The fourth-order valence-electron chi connectivity index (χ4n) is 1.74. The lowest BCUT2D eigenvalue weighted by Crippen LogP contribution is -2.38. The maximum absolute atomic E-state index is 10.5. The van der Waals surface area contributed by atoms with Gasteiger partial charge in [0.05, 0.1) is 16.7 Å². The Hall–Kier alpha value is -1.89. The number of non-ortho nitro benzene ring substituents is 1. The molecule has 0 amide bonds. The van der Waals surface area contributed by atoms with Gasteiger partial charge in [0.15, 0.2) is 5.11 Å². The molecule has 18 heavy (non-hydrogen) atoms. The molecule has 1 fully saturated rings. The Bertz CT molecular complexity index is 476. The number of rotatable bonds is 3. The third kappa shape index (κ3) is 2.35. The third-order valence-corrected chi connectivity index (χ3v) is 3.34. The Balaban J connectivity index is 2.10. The average molecular weight is 266 g/mol. The number of nitrogens with one attached hydrogen (secondary N) is 2. The van der Waals surface area contributed by atoms with Crippen LogP contribution in [0.5, 0.6) is 0 Å². The first-order chi connectivity index (χ1) is 8.49. The summed E-state index contributed by atoms with van der Waals surface area (Å²) in [6.07, 6.45) is 0. The van der Waals surface area contributed by atoms with E-state index >= 15 is 0 Å². The second-order valence-electron chi connectivity index (χ2n) is 4.26. The zero-order chi connectivity index (χ0) is 13.3.